The van der Waals surface area contributed by atoms with Crippen LogP contribution in [0.1, 0.15) is 15.9 Å². The van der Waals surface area contributed by atoms with Crippen LogP contribution in [0.5, 0.6) is 0 Å². The van der Waals surface area contributed by atoms with Gasteiger partial charge in [0.1, 0.15) is 0 Å². The first-order chi connectivity index (χ1) is 10.3. The van der Waals surface area contributed by atoms with Crippen LogP contribution in [0.15, 0.2) is 54.6 Å². The molecule has 0 spiro atoms. The summed E-state index contributed by atoms with van der Waals surface area (Å²) in [6.45, 7) is 4.41. The molecule has 2 aromatic carbocycles. The van der Waals surface area contributed by atoms with E-state index in [1.54, 1.807) is 12.1 Å². The summed E-state index contributed by atoms with van der Waals surface area (Å²) in [5.74, 6) is 0.128. The minimum Gasteiger partial charge on any atom is -0.338 e. The Labute approximate surface area is 174 Å². The number of nitrogens with zero attached hydrogens (tertiary/aromatic N) is 2. The van der Waals surface area contributed by atoms with Crippen molar-refractivity contribution < 1.29 is 56.2 Å². The Hall–Kier alpha value is -0.494. The second kappa shape index (κ2) is 8.96. The van der Waals surface area contributed by atoms with Gasteiger partial charge in [-0.15, -0.1) is 0 Å². The molecule has 0 radical (unpaired) electrons. The molecule has 0 bridgehead atoms. The van der Waals surface area contributed by atoms with Gasteiger partial charge in [0, 0.05) is 32.7 Å². The van der Waals surface area contributed by atoms with Crippen LogP contribution in [-0.4, -0.2) is 41.9 Å². The SMILES string of the molecule is O=C(c1cc[c-]cc1)N1CCN(Cc2ccccc2)CC1.[K+]. The van der Waals surface area contributed by atoms with Crippen molar-refractivity contribution in [1.29, 1.82) is 0 Å². The summed E-state index contributed by atoms with van der Waals surface area (Å²) in [5.41, 5.74) is 2.08. The van der Waals surface area contributed by atoms with Crippen molar-refractivity contribution >= 4 is 5.91 Å². The zero-order valence-corrected chi connectivity index (χ0v) is 16.2. The summed E-state index contributed by atoms with van der Waals surface area (Å²) in [6, 6.07) is 20.7. The van der Waals surface area contributed by atoms with Crippen LogP contribution in [0.25, 0.3) is 0 Å². The first-order valence-corrected chi connectivity index (χ1v) is 7.34. The number of hydrogen-bond acceptors (Lipinski definition) is 2. The predicted molar refractivity (Wildman–Crippen MR) is 82.9 cm³/mol. The number of carbonyl (C=O) groups excluding carboxylic acids is 1. The van der Waals surface area contributed by atoms with Gasteiger partial charge in [-0.1, -0.05) is 35.9 Å². The van der Waals surface area contributed by atoms with E-state index in [9.17, 15) is 4.79 Å². The number of hydrogen-bond donors (Lipinski definition) is 0. The Morgan fingerprint density at radius 1 is 0.955 bits per heavy atom. The topological polar surface area (TPSA) is 23.6 Å². The van der Waals surface area contributed by atoms with E-state index in [-0.39, 0.29) is 57.3 Å². The maximum atomic E-state index is 12.4. The van der Waals surface area contributed by atoms with Gasteiger partial charge in [-0.05, 0) is 5.56 Å². The minimum atomic E-state index is 0. The van der Waals surface area contributed by atoms with Crippen LogP contribution < -0.4 is 51.4 Å². The summed E-state index contributed by atoms with van der Waals surface area (Å²) < 4.78 is 0. The summed E-state index contributed by atoms with van der Waals surface area (Å²) in [7, 11) is 0. The van der Waals surface area contributed by atoms with Gasteiger partial charge >= 0.3 is 51.4 Å². The van der Waals surface area contributed by atoms with Gasteiger partial charge in [0.2, 0.25) is 5.91 Å². The Bertz CT molecular complexity index is 581. The second-order valence-electron chi connectivity index (χ2n) is 5.34. The number of carbonyl (C=O) groups is 1. The van der Waals surface area contributed by atoms with Gasteiger partial charge in [0.25, 0.3) is 0 Å². The molecule has 1 saturated heterocycles. The molecular formula is C18H19KN2O. The first-order valence-electron chi connectivity index (χ1n) is 7.34. The van der Waals surface area contributed by atoms with Crippen LogP contribution in [0, 0.1) is 6.07 Å². The van der Waals surface area contributed by atoms with Crippen molar-refractivity contribution in [2.24, 2.45) is 0 Å². The van der Waals surface area contributed by atoms with E-state index in [2.05, 4.69) is 35.2 Å². The standard InChI is InChI=1S/C18H19N2O.K/c21-18(17-9-5-2-6-10-17)20-13-11-19(12-14-20)15-16-7-3-1-4-8-16;/h1,3-10H,11-15H2;/q-1;+1. The number of amides is 1. The molecule has 1 aliphatic heterocycles. The maximum absolute atomic E-state index is 12.4. The first kappa shape index (κ1) is 17.9. The van der Waals surface area contributed by atoms with Crippen molar-refractivity contribution in [3.8, 4) is 0 Å². The van der Waals surface area contributed by atoms with E-state index in [0.29, 0.717) is 0 Å². The molecule has 0 atom stereocenters. The van der Waals surface area contributed by atoms with Crippen molar-refractivity contribution in [2.75, 3.05) is 26.2 Å². The molecule has 0 aliphatic carbocycles. The van der Waals surface area contributed by atoms with Gasteiger partial charge in [0.05, 0.1) is 0 Å². The minimum absolute atomic E-state index is 0. The van der Waals surface area contributed by atoms with Gasteiger partial charge in [-0.2, -0.15) is 30.3 Å². The Morgan fingerprint density at radius 2 is 1.59 bits per heavy atom. The zero-order chi connectivity index (χ0) is 14.5. The molecule has 2 aromatic rings. The fourth-order valence-electron chi connectivity index (χ4n) is 2.66. The van der Waals surface area contributed by atoms with E-state index in [4.69, 9.17) is 0 Å². The normalized spacial score (nSPS) is 15.2. The molecule has 3 rings (SSSR count). The molecule has 3 nitrogen and oxygen atoms in total. The molecule has 22 heavy (non-hydrogen) atoms. The second-order valence-corrected chi connectivity index (χ2v) is 5.34. The third-order valence-corrected chi connectivity index (χ3v) is 3.87. The molecule has 1 aliphatic rings. The van der Waals surface area contributed by atoms with Gasteiger partial charge < -0.3 is 4.90 Å². The van der Waals surface area contributed by atoms with E-state index < -0.39 is 0 Å². The molecule has 1 amide bonds. The van der Waals surface area contributed by atoms with E-state index in [0.717, 1.165) is 38.3 Å². The Balaban J connectivity index is 0.00000176. The van der Waals surface area contributed by atoms with E-state index >= 15 is 0 Å². The Kier molecular flexibility index (Phi) is 7.27. The van der Waals surface area contributed by atoms with Crippen molar-refractivity contribution in [1.82, 2.24) is 9.80 Å². The molecule has 4 heteroatoms. The zero-order valence-electron chi connectivity index (χ0n) is 13.0. The van der Waals surface area contributed by atoms with Gasteiger partial charge in [-0.3, -0.25) is 9.69 Å². The molecular weight excluding hydrogens is 299 g/mol. The monoisotopic (exact) mass is 318 g/mol. The largest absolute Gasteiger partial charge is 1.00 e. The number of benzene rings is 2. The third-order valence-electron chi connectivity index (χ3n) is 3.87. The molecule has 1 heterocycles. The molecule has 0 aromatic heterocycles. The number of piperazine rings is 1. The average Bonchev–Trinajstić information content (AvgIpc) is 2.57. The van der Waals surface area contributed by atoms with Crippen LogP contribution in [0.3, 0.4) is 0 Å². The van der Waals surface area contributed by atoms with Crippen LogP contribution in [-0.2, 0) is 6.54 Å². The van der Waals surface area contributed by atoms with Crippen LogP contribution in [0.2, 0.25) is 0 Å². The fraction of sp³-hybridized carbons (Fsp3) is 0.278. The van der Waals surface area contributed by atoms with Crippen LogP contribution in [0.4, 0.5) is 0 Å². The van der Waals surface area contributed by atoms with Gasteiger partial charge in [-0.25, -0.2) is 0 Å². The smallest absolute Gasteiger partial charge is 0.338 e. The average molecular weight is 318 g/mol. The Morgan fingerprint density at radius 3 is 2.23 bits per heavy atom. The third kappa shape index (κ3) is 4.75. The molecule has 0 unspecified atom stereocenters. The quantitative estimate of drug-likeness (QED) is 0.560. The maximum Gasteiger partial charge on any atom is 1.00 e. The van der Waals surface area contributed by atoms with Crippen molar-refractivity contribution in [2.45, 2.75) is 6.54 Å². The van der Waals surface area contributed by atoms with E-state index in [1.165, 1.54) is 5.56 Å². The number of rotatable bonds is 3. The summed E-state index contributed by atoms with van der Waals surface area (Å²) in [6.07, 6.45) is 0. The van der Waals surface area contributed by atoms with Crippen molar-refractivity contribution in [3.63, 3.8) is 0 Å². The summed E-state index contributed by atoms with van der Waals surface area (Å²) in [4.78, 5) is 16.7. The molecule has 0 saturated carbocycles. The van der Waals surface area contributed by atoms with Gasteiger partial charge in [0.15, 0.2) is 0 Å². The molecule has 0 N–H and O–H groups in total. The van der Waals surface area contributed by atoms with Crippen LogP contribution >= 0.6 is 0 Å². The summed E-state index contributed by atoms with van der Waals surface area (Å²) >= 11 is 0. The molecule has 108 valence electrons. The molecule has 1 fully saturated rings. The predicted octanol–water partition coefficient (Wildman–Crippen LogP) is -0.551. The van der Waals surface area contributed by atoms with Crippen molar-refractivity contribution in [3.05, 3.63) is 71.8 Å². The van der Waals surface area contributed by atoms with E-state index in [1.807, 2.05) is 23.1 Å². The summed E-state index contributed by atoms with van der Waals surface area (Å²) in [5, 5.41) is 0. The fourth-order valence-corrected chi connectivity index (χ4v) is 2.66.